The molecule has 5 heteroatoms. The van der Waals surface area contributed by atoms with Crippen molar-refractivity contribution >= 4 is 24.0 Å². The number of phenols is 1. The Balaban J connectivity index is 0.00000225. The molecule has 3 N–H and O–H groups in total. The van der Waals surface area contributed by atoms with Crippen LogP contribution in [0.2, 0.25) is 5.02 Å². The third-order valence-electron chi connectivity index (χ3n) is 2.07. The molecule has 0 aliphatic heterocycles. The maximum atomic E-state index is 12.9. The molecule has 0 aliphatic carbocycles. The van der Waals surface area contributed by atoms with Crippen LogP contribution < -0.4 is 5.73 Å². The number of phenolic OH excluding ortho intramolecular Hbond substituents is 1. The fourth-order valence-corrected chi connectivity index (χ4v) is 1.51. The van der Waals surface area contributed by atoms with Crippen molar-refractivity contribution in [3.05, 3.63) is 40.7 Å². The van der Waals surface area contributed by atoms with Gasteiger partial charge in [-0.3, -0.25) is 0 Å². The molecule has 1 aromatic rings. The number of hydrogen-bond acceptors (Lipinski definition) is 2. The van der Waals surface area contributed by atoms with Gasteiger partial charge in [0.05, 0.1) is 0 Å². The first-order chi connectivity index (χ1) is 6.93. The molecule has 1 atom stereocenters. The summed E-state index contributed by atoms with van der Waals surface area (Å²) >= 11 is 5.56. The van der Waals surface area contributed by atoms with Gasteiger partial charge in [0.15, 0.2) is 0 Å². The summed E-state index contributed by atoms with van der Waals surface area (Å²) in [5.41, 5.74) is 7.14. The summed E-state index contributed by atoms with van der Waals surface area (Å²) in [5, 5.41) is 9.29. The topological polar surface area (TPSA) is 46.2 Å². The third kappa shape index (κ3) is 3.37. The van der Waals surface area contributed by atoms with Crippen LogP contribution in [0.4, 0.5) is 4.39 Å². The van der Waals surface area contributed by atoms with E-state index in [0.717, 1.165) is 5.57 Å². The van der Waals surface area contributed by atoms with Crippen molar-refractivity contribution in [2.24, 2.45) is 5.73 Å². The minimum atomic E-state index is -0.652. The molecule has 0 aromatic heterocycles. The van der Waals surface area contributed by atoms with Crippen LogP contribution in [0.3, 0.4) is 0 Å². The van der Waals surface area contributed by atoms with Crippen molar-refractivity contribution in [3.8, 4) is 5.75 Å². The normalized spacial score (nSPS) is 11.8. The van der Waals surface area contributed by atoms with Crippen LogP contribution in [0.1, 0.15) is 24.9 Å². The van der Waals surface area contributed by atoms with Crippen LogP contribution in [0.25, 0.3) is 0 Å². The van der Waals surface area contributed by atoms with Gasteiger partial charge in [0.25, 0.3) is 0 Å². The third-order valence-corrected chi connectivity index (χ3v) is 2.43. The molecule has 0 saturated carbocycles. The second-order valence-corrected chi connectivity index (χ2v) is 3.94. The largest absolute Gasteiger partial charge is 0.506 e. The SMILES string of the molecule is C=C(C)C[C@H](N)c1ccc(F)c(Cl)c1O.Cl. The van der Waals surface area contributed by atoms with Gasteiger partial charge in [-0.25, -0.2) is 4.39 Å². The van der Waals surface area contributed by atoms with E-state index < -0.39 is 11.9 Å². The highest BCUT2D eigenvalue weighted by Crippen LogP contribution is 2.34. The zero-order valence-electron chi connectivity index (χ0n) is 8.84. The molecule has 2 nitrogen and oxygen atoms in total. The van der Waals surface area contributed by atoms with Crippen molar-refractivity contribution in [3.63, 3.8) is 0 Å². The fraction of sp³-hybridized carbons (Fsp3) is 0.273. The number of benzene rings is 1. The van der Waals surface area contributed by atoms with E-state index in [2.05, 4.69) is 6.58 Å². The molecule has 0 heterocycles. The second-order valence-electron chi connectivity index (χ2n) is 3.57. The van der Waals surface area contributed by atoms with Crippen molar-refractivity contribution in [1.29, 1.82) is 0 Å². The highest BCUT2D eigenvalue weighted by atomic mass is 35.5. The van der Waals surface area contributed by atoms with E-state index in [1.54, 1.807) is 0 Å². The lowest BCUT2D eigenvalue weighted by Gasteiger charge is -2.14. The Kier molecular flexibility index (Phi) is 5.79. The van der Waals surface area contributed by atoms with Gasteiger partial charge in [-0.2, -0.15) is 0 Å². The van der Waals surface area contributed by atoms with Crippen molar-refractivity contribution in [2.75, 3.05) is 0 Å². The molecule has 0 amide bonds. The summed E-state index contributed by atoms with van der Waals surface area (Å²) in [5.74, 6) is -0.939. The summed E-state index contributed by atoms with van der Waals surface area (Å²) in [6, 6.07) is 2.21. The molecule has 0 unspecified atom stereocenters. The standard InChI is InChI=1S/C11H13ClFNO.ClH/c1-6(2)5-9(14)7-3-4-8(13)10(12)11(7)15;/h3-4,9,15H,1,5,14H2,2H3;1H/t9-;/m0./s1. The lowest BCUT2D eigenvalue weighted by Crippen LogP contribution is -2.11. The van der Waals surface area contributed by atoms with Gasteiger partial charge in [-0.15, -0.1) is 19.0 Å². The van der Waals surface area contributed by atoms with Crippen LogP contribution in [0.5, 0.6) is 5.75 Å². The molecule has 0 aliphatic rings. The maximum Gasteiger partial charge on any atom is 0.145 e. The number of nitrogens with two attached hydrogens (primary N) is 1. The highest BCUT2D eigenvalue weighted by Gasteiger charge is 2.16. The van der Waals surface area contributed by atoms with E-state index in [4.69, 9.17) is 17.3 Å². The minimum Gasteiger partial charge on any atom is -0.506 e. The van der Waals surface area contributed by atoms with Crippen molar-refractivity contribution in [2.45, 2.75) is 19.4 Å². The molecule has 0 spiro atoms. The van der Waals surface area contributed by atoms with Gasteiger partial charge in [0, 0.05) is 11.6 Å². The van der Waals surface area contributed by atoms with Gasteiger partial charge in [0.2, 0.25) is 0 Å². The lowest BCUT2D eigenvalue weighted by molar-refractivity contribution is 0.455. The van der Waals surface area contributed by atoms with Crippen LogP contribution in [0.15, 0.2) is 24.3 Å². The van der Waals surface area contributed by atoms with E-state index >= 15 is 0 Å². The van der Waals surface area contributed by atoms with Gasteiger partial charge in [0.1, 0.15) is 16.6 Å². The molecule has 16 heavy (non-hydrogen) atoms. The molecule has 0 fully saturated rings. The fourth-order valence-electron chi connectivity index (χ4n) is 1.34. The molecule has 0 bridgehead atoms. The predicted octanol–water partition coefficient (Wildman–Crippen LogP) is 3.57. The zero-order chi connectivity index (χ0) is 11.6. The van der Waals surface area contributed by atoms with E-state index in [0.29, 0.717) is 12.0 Å². The number of hydrogen-bond donors (Lipinski definition) is 2. The number of rotatable bonds is 3. The Morgan fingerprint density at radius 1 is 1.62 bits per heavy atom. The van der Waals surface area contributed by atoms with E-state index in [1.165, 1.54) is 12.1 Å². The first-order valence-electron chi connectivity index (χ1n) is 4.50. The summed E-state index contributed by atoms with van der Waals surface area (Å²) in [7, 11) is 0. The molecule has 1 rings (SSSR count). The Bertz CT molecular complexity index is 396. The summed E-state index contributed by atoms with van der Waals surface area (Å²) < 4.78 is 12.9. The zero-order valence-corrected chi connectivity index (χ0v) is 10.4. The van der Waals surface area contributed by atoms with Gasteiger partial charge in [-0.1, -0.05) is 23.2 Å². The van der Waals surface area contributed by atoms with Crippen molar-refractivity contribution < 1.29 is 9.50 Å². The van der Waals surface area contributed by atoms with E-state index in [1.807, 2.05) is 6.92 Å². The molecular weight excluding hydrogens is 252 g/mol. The average molecular weight is 266 g/mol. The Morgan fingerprint density at radius 2 is 2.19 bits per heavy atom. The van der Waals surface area contributed by atoms with Crippen LogP contribution >= 0.6 is 24.0 Å². The molecular formula is C11H14Cl2FNO. The second kappa shape index (κ2) is 6.09. The van der Waals surface area contributed by atoms with Crippen LogP contribution in [0, 0.1) is 5.82 Å². The van der Waals surface area contributed by atoms with E-state index in [9.17, 15) is 9.50 Å². The maximum absolute atomic E-state index is 12.9. The average Bonchev–Trinajstić information content (AvgIpc) is 2.13. The van der Waals surface area contributed by atoms with Crippen LogP contribution in [-0.2, 0) is 0 Å². The lowest BCUT2D eigenvalue weighted by atomic mass is 10.0. The first kappa shape index (κ1) is 15.2. The number of aromatic hydroxyl groups is 1. The first-order valence-corrected chi connectivity index (χ1v) is 4.88. The summed E-state index contributed by atoms with van der Waals surface area (Å²) in [6.07, 6.45) is 0.523. The quantitative estimate of drug-likeness (QED) is 0.821. The molecule has 0 saturated heterocycles. The van der Waals surface area contributed by atoms with Gasteiger partial charge in [-0.05, 0) is 19.4 Å². The molecule has 0 radical (unpaired) electrons. The Hall–Kier alpha value is -0.770. The monoisotopic (exact) mass is 265 g/mol. The Labute approximate surface area is 105 Å². The predicted molar refractivity (Wildman–Crippen MR) is 66.7 cm³/mol. The van der Waals surface area contributed by atoms with E-state index in [-0.39, 0.29) is 23.2 Å². The van der Waals surface area contributed by atoms with Gasteiger partial charge < -0.3 is 10.8 Å². The Morgan fingerprint density at radius 3 is 2.69 bits per heavy atom. The molecule has 90 valence electrons. The summed E-state index contributed by atoms with van der Waals surface area (Å²) in [6.45, 7) is 5.56. The summed E-state index contributed by atoms with van der Waals surface area (Å²) in [4.78, 5) is 0. The van der Waals surface area contributed by atoms with Crippen LogP contribution in [-0.4, -0.2) is 5.11 Å². The smallest absolute Gasteiger partial charge is 0.145 e. The number of halogens is 3. The highest BCUT2D eigenvalue weighted by molar-refractivity contribution is 6.32. The van der Waals surface area contributed by atoms with Crippen molar-refractivity contribution in [1.82, 2.24) is 0 Å². The minimum absolute atomic E-state index is 0. The van der Waals surface area contributed by atoms with Gasteiger partial charge >= 0.3 is 0 Å². The molecule has 1 aromatic carbocycles.